The molecule has 2 aliphatic rings. The van der Waals surface area contributed by atoms with Gasteiger partial charge in [0, 0.05) is 25.8 Å². The average molecular weight is 608 g/mol. The van der Waals surface area contributed by atoms with Crippen LogP contribution < -0.4 is 5.32 Å². The molecule has 0 radical (unpaired) electrons. The van der Waals surface area contributed by atoms with E-state index in [-0.39, 0.29) is 59.6 Å². The van der Waals surface area contributed by atoms with E-state index in [2.05, 4.69) is 29.0 Å². The van der Waals surface area contributed by atoms with E-state index in [1.165, 1.54) is 25.3 Å². The van der Waals surface area contributed by atoms with Gasteiger partial charge in [-0.05, 0) is 73.8 Å². The van der Waals surface area contributed by atoms with Crippen molar-refractivity contribution in [3.63, 3.8) is 0 Å². The molecule has 230 valence electrons. The third kappa shape index (κ3) is 7.22. The molecule has 4 rings (SSSR count). The molecule has 1 saturated carbocycles. The summed E-state index contributed by atoms with van der Waals surface area (Å²) < 4.78 is 63.6. The number of alkyl halides is 3. The van der Waals surface area contributed by atoms with Crippen LogP contribution in [0.2, 0.25) is 0 Å². The van der Waals surface area contributed by atoms with Crippen LogP contribution in [0.1, 0.15) is 92.5 Å². The van der Waals surface area contributed by atoms with Crippen LogP contribution in [-0.2, 0) is 21.2 Å². The van der Waals surface area contributed by atoms with Crippen LogP contribution in [0.4, 0.5) is 13.2 Å². The Labute approximate surface area is 246 Å². The highest BCUT2D eigenvalue weighted by Gasteiger charge is 2.42. The topological polar surface area (TPSA) is 96.4 Å². The van der Waals surface area contributed by atoms with E-state index in [0.717, 1.165) is 11.3 Å². The van der Waals surface area contributed by atoms with E-state index < -0.39 is 27.8 Å². The number of ketones is 1. The van der Waals surface area contributed by atoms with Crippen LogP contribution in [0, 0.1) is 17.8 Å². The summed E-state index contributed by atoms with van der Waals surface area (Å²) in [7, 11) is -3.36. The average Bonchev–Trinajstić information content (AvgIpc) is 3.30. The second-order valence-corrected chi connectivity index (χ2v) is 14.3. The number of benzene rings is 1. The summed E-state index contributed by atoms with van der Waals surface area (Å²) in [5.41, 5.74) is 2.82. The molecule has 1 aromatic heterocycles. The number of sulfone groups is 1. The van der Waals surface area contributed by atoms with Gasteiger partial charge in [0.2, 0.25) is 0 Å². The molecule has 1 aromatic carbocycles. The number of nitrogens with zero attached hydrogens (tertiary/aromatic N) is 2. The number of aromatic nitrogens is 1. The standard InChI is InChI=1S/C31H40F3N3O4S/c1-5-42(40,41)26-12-8-22(9-13-26)27(20(4)38)16-36-30(39)23-14-24-18-37(29(19(2)3)28(24)35-15-23)17-21-6-10-25(11-7-21)31(32,33)34/h8-9,12-15,19,21,25,27,29H,5-7,10-11,16-18H2,1-4H3,(H,36,39)/t21?,25?,27-,29-/m0/s1. The van der Waals surface area contributed by atoms with Crippen LogP contribution in [0.15, 0.2) is 41.4 Å². The van der Waals surface area contributed by atoms with Crippen molar-refractivity contribution in [3.8, 4) is 0 Å². The number of carbonyl (C=O) groups is 2. The van der Waals surface area contributed by atoms with Crippen molar-refractivity contribution in [1.29, 1.82) is 0 Å². The Kier molecular flexibility index (Phi) is 9.82. The normalized spacial score (nSPS) is 22.1. The summed E-state index contributed by atoms with van der Waals surface area (Å²) in [6.45, 7) is 8.52. The van der Waals surface area contributed by atoms with Gasteiger partial charge in [0.25, 0.3) is 5.91 Å². The van der Waals surface area contributed by atoms with Crippen molar-refractivity contribution in [2.75, 3.05) is 18.8 Å². The van der Waals surface area contributed by atoms with Gasteiger partial charge in [0.15, 0.2) is 9.84 Å². The number of fused-ring (bicyclic) bond motifs is 1. The van der Waals surface area contributed by atoms with Gasteiger partial charge in [-0.2, -0.15) is 13.2 Å². The number of rotatable bonds is 10. The molecule has 2 atom stereocenters. The molecule has 11 heteroatoms. The quantitative estimate of drug-likeness (QED) is 0.364. The maximum absolute atomic E-state index is 13.1. The van der Waals surface area contributed by atoms with Crippen molar-refractivity contribution in [2.45, 2.75) is 83.0 Å². The highest BCUT2D eigenvalue weighted by molar-refractivity contribution is 7.91. The Morgan fingerprint density at radius 3 is 2.29 bits per heavy atom. The summed E-state index contributed by atoms with van der Waals surface area (Å²) in [6, 6.07) is 8.02. The van der Waals surface area contributed by atoms with Gasteiger partial charge < -0.3 is 5.32 Å². The first-order chi connectivity index (χ1) is 19.7. The van der Waals surface area contributed by atoms with Crippen molar-refractivity contribution < 1.29 is 31.2 Å². The Bertz CT molecular complexity index is 1390. The van der Waals surface area contributed by atoms with Gasteiger partial charge in [-0.3, -0.25) is 19.5 Å². The zero-order chi connectivity index (χ0) is 30.8. The monoisotopic (exact) mass is 607 g/mol. The van der Waals surface area contributed by atoms with Crippen molar-refractivity contribution >= 4 is 21.5 Å². The predicted octanol–water partition coefficient (Wildman–Crippen LogP) is 5.86. The number of Topliss-reactive ketones (excluding diaryl/α,β-unsaturated/α-hetero) is 1. The van der Waals surface area contributed by atoms with Gasteiger partial charge in [0.1, 0.15) is 5.78 Å². The number of amides is 1. The van der Waals surface area contributed by atoms with Gasteiger partial charge in [-0.15, -0.1) is 0 Å². The summed E-state index contributed by atoms with van der Waals surface area (Å²) >= 11 is 0. The van der Waals surface area contributed by atoms with Gasteiger partial charge in [-0.25, -0.2) is 8.42 Å². The molecular weight excluding hydrogens is 567 g/mol. The third-order valence-corrected chi connectivity index (χ3v) is 10.5. The fourth-order valence-corrected chi connectivity index (χ4v) is 7.20. The molecule has 42 heavy (non-hydrogen) atoms. The lowest BCUT2D eigenvalue weighted by Crippen LogP contribution is -2.35. The van der Waals surface area contributed by atoms with E-state index >= 15 is 0 Å². The van der Waals surface area contributed by atoms with E-state index in [1.807, 2.05) is 6.07 Å². The number of hydrogen-bond donors (Lipinski definition) is 1. The number of nitrogens with one attached hydrogen (secondary N) is 1. The van der Waals surface area contributed by atoms with E-state index in [0.29, 0.717) is 37.1 Å². The number of pyridine rings is 1. The zero-order valence-corrected chi connectivity index (χ0v) is 25.4. The summed E-state index contributed by atoms with van der Waals surface area (Å²) in [5, 5.41) is 2.83. The zero-order valence-electron chi connectivity index (χ0n) is 24.6. The van der Waals surface area contributed by atoms with Crippen molar-refractivity contribution in [3.05, 3.63) is 58.9 Å². The lowest BCUT2D eigenvalue weighted by Gasteiger charge is -2.35. The molecule has 7 nitrogen and oxygen atoms in total. The van der Waals surface area contributed by atoms with Crippen LogP contribution in [0.5, 0.6) is 0 Å². The minimum absolute atomic E-state index is 0.0218. The van der Waals surface area contributed by atoms with E-state index in [4.69, 9.17) is 0 Å². The van der Waals surface area contributed by atoms with Crippen LogP contribution in [-0.4, -0.2) is 55.0 Å². The third-order valence-electron chi connectivity index (χ3n) is 8.72. The number of hydrogen-bond acceptors (Lipinski definition) is 6. The Balaban J connectivity index is 1.41. The molecule has 0 spiro atoms. The molecular formula is C31H40F3N3O4S. The molecule has 2 heterocycles. The fourth-order valence-electron chi connectivity index (χ4n) is 6.31. The van der Waals surface area contributed by atoms with E-state index in [9.17, 15) is 31.2 Å². The van der Waals surface area contributed by atoms with Crippen LogP contribution in [0.3, 0.4) is 0 Å². The molecule has 2 aromatic rings. The van der Waals surface area contributed by atoms with Crippen LogP contribution in [0.25, 0.3) is 0 Å². The van der Waals surface area contributed by atoms with Gasteiger partial charge in [0.05, 0.1) is 39.8 Å². The second-order valence-electron chi connectivity index (χ2n) is 12.0. The highest BCUT2D eigenvalue weighted by atomic mass is 32.2. The minimum Gasteiger partial charge on any atom is -0.351 e. The summed E-state index contributed by atoms with van der Waals surface area (Å²) in [6.07, 6.45) is -1.13. The lowest BCUT2D eigenvalue weighted by atomic mass is 9.81. The first kappa shape index (κ1) is 32.1. The first-order valence-electron chi connectivity index (χ1n) is 14.6. The Morgan fingerprint density at radius 2 is 1.74 bits per heavy atom. The summed E-state index contributed by atoms with van der Waals surface area (Å²) in [4.78, 5) is 32.6. The minimum atomic E-state index is -4.12. The maximum Gasteiger partial charge on any atom is 0.391 e. The summed E-state index contributed by atoms with van der Waals surface area (Å²) in [5.74, 6) is -1.96. The van der Waals surface area contributed by atoms with Crippen molar-refractivity contribution in [1.82, 2.24) is 15.2 Å². The van der Waals surface area contributed by atoms with Gasteiger partial charge >= 0.3 is 6.18 Å². The highest BCUT2D eigenvalue weighted by Crippen LogP contribution is 2.43. The predicted molar refractivity (Wildman–Crippen MR) is 154 cm³/mol. The largest absolute Gasteiger partial charge is 0.391 e. The second kappa shape index (κ2) is 12.8. The number of carbonyl (C=O) groups excluding carboxylic acids is 2. The molecule has 0 unspecified atom stereocenters. The molecule has 1 N–H and O–H groups in total. The van der Waals surface area contributed by atoms with Crippen LogP contribution >= 0.6 is 0 Å². The van der Waals surface area contributed by atoms with E-state index in [1.54, 1.807) is 19.1 Å². The first-order valence-corrected chi connectivity index (χ1v) is 16.3. The maximum atomic E-state index is 13.1. The van der Waals surface area contributed by atoms with Crippen molar-refractivity contribution in [2.24, 2.45) is 17.8 Å². The molecule has 1 amide bonds. The number of halogens is 3. The SMILES string of the molecule is CCS(=O)(=O)c1ccc([C@@H](CNC(=O)c2cnc3c(c2)CN(CC2CCC(C(F)(F)F)CC2)[C@H]3C(C)C)C(C)=O)cc1. The fraction of sp³-hybridized carbons (Fsp3) is 0.581. The molecule has 1 aliphatic heterocycles. The molecule has 1 fully saturated rings. The smallest absolute Gasteiger partial charge is 0.351 e. The lowest BCUT2D eigenvalue weighted by molar-refractivity contribution is -0.184. The van der Waals surface area contributed by atoms with Gasteiger partial charge in [-0.1, -0.05) is 32.9 Å². The molecule has 0 saturated heterocycles. The Hall–Kier alpha value is -2.79. The molecule has 0 bridgehead atoms. The molecule has 1 aliphatic carbocycles. The Morgan fingerprint density at radius 1 is 1.10 bits per heavy atom.